The Morgan fingerprint density at radius 1 is 1.42 bits per heavy atom. The maximum atomic E-state index is 5.92. The monoisotopic (exact) mass is 179 g/mol. The molecule has 0 aliphatic carbocycles. The molecule has 0 aliphatic rings. The van der Waals surface area contributed by atoms with E-state index in [-0.39, 0.29) is 6.04 Å². The molecule has 2 aromatic rings. The van der Waals surface area contributed by atoms with Crippen molar-refractivity contribution in [1.82, 2.24) is 0 Å². The van der Waals surface area contributed by atoms with Crippen molar-refractivity contribution in [3.8, 4) is 0 Å². The van der Waals surface area contributed by atoms with Gasteiger partial charge in [-0.1, -0.05) is 0 Å². The van der Waals surface area contributed by atoms with Crippen LogP contribution in [0.4, 0.5) is 0 Å². The molecule has 2 aromatic heterocycles. The molecule has 62 valence electrons. The first-order chi connectivity index (χ1) is 5.88. The van der Waals surface area contributed by atoms with E-state index in [1.54, 1.807) is 17.6 Å². The minimum absolute atomic E-state index is 0.119. The predicted octanol–water partition coefficient (Wildman–Crippen LogP) is 2.39. The van der Waals surface area contributed by atoms with Gasteiger partial charge < -0.3 is 10.2 Å². The highest BCUT2D eigenvalue weighted by Crippen LogP contribution is 2.21. The first-order valence-corrected chi connectivity index (χ1v) is 4.63. The van der Waals surface area contributed by atoms with E-state index in [4.69, 9.17) is 10.2 Å². The summed E-state index contributed by atoms with van der Waals surface area (Å²) in [5, 5.41) is 4.05. The van der Waals surface area contributed by atoms with E-state index < -0.39 is 0 Å². The lowest BCUT2D eigenvalue weighted by Crippen LogP contribution is -2.09. The summed E-state index contributed by atoms with van der Waals surface area (Å²) in [6, 6.07) is 5.63. The second-order valence-corrected chi connectivity index (χ2v) is 3.33. The topological polar surface area (TPSA) is 39.2 Å². The van der Waals surface area contributed by atoms with Crippen LogP contribution in [0.1, 0.15) is 17.4 Å². The lowest BCUT2D eigenvalue weighted by atomic mass is 10.1. The molecular weight excluding hydrogens is 170 g/mol. The Kier molecular flexibility index (Phi) is 1.98. The Morgan fingerprint density at radius 3 is 2.92 bits per heavy atom. The van der Waals surface area contributed by atoms with Crippen LogP contribution in [-0.4, -0.2) is 0 Å². The first kappa shape index (κ1) is 7.58. The minimum Gasteiger partial charge on any atom is -0.467 e. The molecule has 2 heterocycles. The van der Waals surface area contributed by atoms with E-state index in [0.29, 0.717) is 0 Å². The third-order valence-electron chi connectivity index (χ3n) is 1.75. The fraction of sp³-hybridized carbons (Fsp3) is 0.111. The standard InChI is InChI=1S/C9H9NOS/c10-9(7-3-5-12-6-7)8-2-1-4-11-8/h1-6,9H,10H2/t9-/m0/s1. The summed E-state index contributed by atoms with van der Waals surface area (Å²) in [6.45, 7) is 0. The Bertz CT molecular complexity index is 291. The molecule has 0 aliphatic heterocycles. The molecule has 3 heteroatoms. The molecular formula is C9H9NOS. The van der Waals surface area contributed by atoms with E-state index in [9.17, 15) is 0 Å². The van der Waals surface area contributed by atoms with Crippen molar-refractivity contribution in [2.24, 2.45) is 5.73 Å². The fourth-order valence-corrected chi connectivity index (χ4v) is 1.78. The van der Waals surface area contributed by atoms with Gasteiger partial charge >= 0.3 is 0 Å². The molecule has 0 bridgehead atoms. The maximum absolute atomic E-state index is 5.92. The molecule has 0 aromatic carbocycles. The van der Waals surface area contributed by atoms with E-state index in [1.807, 2.05) is 29.0 Å². The quantitative estimate of drug-likeness (QED) is 0.768. The maximum Gasteiger partial charge on any atom is 0.125 e. The van der Waals surface area contributed by atoms with Crippen molar-refractivity contribution in [3.63, 3.8) is 0 Å². The number of hydrogen-bond donors (Lipinski definition) is 1. The summed E-state index contributed by atoms with van der Waals surface area (Å²) < 4.78 is 5.20. The van der Waals surface area contributed by atoms with Crippen LogP contribution in [0.2, 0.25) is 0 Å². The zero-order valence-corrected chi connectivity index (χ0v) is 7.25. The van der Waals surface area contributed by atoms with Crippen LogP contribution in [0.25, 0.3) is 0 Å². The Labute approximate surface area is 74.6 Å². The molecule has 2 N–H and O–H groups in total. The third kappa shape index (κ3) is 1.29. The van der Waals surface area contributed by atoms with E-state index in [2.05, 4.69) is 0 Å². The molecule has 12 heavy (non-hydrogen) atoms. The van der Waals surface area contributed by atoms with Gasteiger partial charge in [-0.25, -0.2) is 0 Å². The normalized spacial score (nSPS) is 13.1. The molecule has 2 nitrogen and oxygen atoms in total. The molecule has 0 radical (unpaired) electrons. The molecule has 0 spiro atoms. The lowest BCUT2D eigenvalue weighted by molar-refractivity contribution is 0.490. The number of furan rings is 1. The second-order valence-electron chi connectivity index (χ2n) is 2.55. The van der Waals surface area contributed by atoms with Crippen molar-refractivity contribution in [1.29, 1.82) is 0 Å². The van der Waals surface area contributed by atoms with Gasteiger partial charge in [0.05, 0.1) is 12.3 Å². The molecule has 2 rings (SSSR count). The van der Waals surface area contributed by atoms with E-state index in [0.717, 1.165) is 11.3 Å². The third-order valence-corrected chi connectivity index (χ3v) is 2.45. The molecule has 0 saturated heterocycles. The van der Waals surface area contributed by atoms with Crippen molar-refractivity contribution in [2.75, 3.05) is 0 Å². The SMILES string of the molecule is N[C@@H](c1ccsc1)c1ccco1. The summed E-state index contributed by atoms with van der Waals surface area (Å²) in [5.41, 5.74) is 7.02. The zero-order chi connectivity index (χ0) is 8.39. The second kappa shape index (κ2) is 3.13. The summed E-state index contributed by atoms with van der Waals surface area (Å²) >= 11 is 1.64. The van der Waals surface area contributed by atoms with Gasteiger partial charge in [0.25, 0.3) is 0 Å². The highest BCUT2D eigenvalue weighted by molar-refractivity contribution is 7.07. The van der Waals surface area contributed by atoms with Crippen LogP contribution in [-0.2, 0) is 0 Å². The van der Waals surface area contributed by atoms with Gasteiger partial charge in [0, 0.05) is 0 Å². The average Bonchev–Trinajstić information content (AvgIpc) is 2.77. The van der Waals surface area contributed by atoms with Crippen LogP contribution in [0, 0.1) is 0 Å². The van der Waals surface area contributed by atoms with Crippen molar-refractivity contribution < 1.29 is 4.42 Å². The van der Waals surface area contributed by atoms with Gasteiger partial charge in [0.1, 0.15) is 5.76 Å². The van der Waals surface area contributed by atoms with Crippen molar-refractivity contribution >= 4 is 11.3 Å². The van der Waals surface area contributed by atoms with Crippen molar-refractivity contribution in [3.05, 3.63) is 46.5 Å². The van der Waals surface area contributed by atoms with Gasteiger partial charge in [0.2, 0.25) is 0 Å². The molecule has 0 fully saturated rings. The van der Waals surface area contributed by atoms with Gasteiger partial charge in [-0.15, -0.1) is 0 Å². The summed E-state index contributed by atoms with van der Waals surface area (Å²) in [4.78, 5) is 0. The summed E-state index contributed by atoms with van der Waals surface area (Å²) in [5.74, 6) is 0.813. The van der Waals surface area contributed by atoms with Crippen LogP contribution in [0.15, 0.2) is 39.6 Å². The van der Waals surface area contributed by atoms with Crippen molar-refractivity contribution in [2.45, 2.75) is 6.04 Å². The van der Waals surface area contributed by atoms with Crippen LogP contribution in [0.5, 0.6) is 0 Å². The Hall–Kier alpha value is -1.06. The van der Waals surface area contributed by atoms with E-state index >= 15 is 0 Å². The Balaban J connectivity index is 2.27. The highest BCUT2D eigenvalue weighted by Gasteiger charge is 2.10. The largest absolute Gasteiger partial charge is 0.467 e. The Morgan fingerprint density at radius 2 is 2.33 bits per heavy atom. The minimum atomic E-state index is -0.119. The highest BCUT2D eigenvalue weighted by atomic mass is 32.1. The number of hydrogen-bond acceptors (Lipinski definition) is 3. The molecule has 0 saturated carbocycles. The zero-order valence-electron chi connectivity index (χ0n) is 6.44. The predicted molar refractivity (Wildman–Crippen MR) is 49.1 cm³/mol. The van der Waals surface area contributed by atoms with Crippen LogP contribution >= 0.6 is 11.3 Å². The number of rotatable bonds is 2. The average molecular weight is 179 g/mol. The number of nitrogens with two attached hydrogens (primary N) is 1. The lowest BCUT2D eigenvalue weighted by Gasteiger charge is -2.04. The van der Waals surface area contributed by atoms with Crippen LogP contribution < -0.4 is 5.73 Å². The summed E-state index contributed by atoms with van der Waals surface area (Å²) in [6.07, 6.45) is 1.64. The first-order valence-electron chi connectivity index (χ1n) is 3.69. The summed E-state index contributed by atoms with van der Waals surface area (Å²) in [7, 11) is 0. The fourth-order valence-electron chi connectivity index (χ4n) is 1.08. The smallest absolute Gasteiger partial charge is 0.125 e. The molecule has 0 amide bonds. The van der Waals surface area contributed by atoms with Gasteiger partial charge in [0.15, 0.2) is 0 Å². The number of thiophene rings is 1. The van der Waals surface area contributed by atoms with Gasteiger partial charge in [-0.3, -0.25) is 0 Å². The van der Waals surface area contributed by atoms with Gasteiger partial charge in [-0.05, 0) is 34.5 Å². The molecule has 1 atom stereocenters. The van der Waals surface area contributed by atoms with E-state index in [1.165, 1.54) is 0 Å². The van der Waals surface area contributed by atoms with Gasteiger partial charge in [-0.2, -0.15) is 11.3 Å². The molecule has 0 unspecified atom stereocenters. The van der Waals surface area contributed by atoms with Crippen LogP contribution in [0.3, 0.4) is 0 Å².